The SMILES string of the molecule is Cc1cc(F)c(C)c(-c2c(C)c(C)cc(F)c2O)c1C. The summed E-state index contributed by atoms with van der Waals surface area (Å²) in [5, 5.41) is 10.1. The first-order chi connectivity index (χ1) is 9.25. The Kier molecular flexibility index (Phi) is 3.55. The van der Waals surface area contributed by atoms with Crippen LogP contribution in [-0.2, 0) is 0 Å². The molecule has 106 valence electrons. The van der Waals surface area contributed by atoms with Gasteiger partial charge in [0.25, 0.3) is 0 Å². The fraction of sp³-hybridized carbons (Fsp3) is 0.294. The van der Waals surface area contributed by atoms with Gasteiger partial charge < -0.3 is 5.11 Å². The Morgan fingerprint density at radius 2 is 1.15 bits per heavy atom. The highest BCUT2D eigenvalue weighted by Crippen LogP contribution is 2.41. The van der Waals surface area contributed by atoms with Gasteiger partial charge in [0.15, 0.2) is 11.6 Å². The molecule has 0 heterocycles. The molecule has 0 aliphatic heterocycles. The van der Waals surface area contributed by atoms with Gasteiger partial charge in [-0.1, -0.05) is 0 Å². The third kappa shape index (κ3) is 2.07. The van der Waals surface area contributed by atoms with Gasteiger partial charge in [-0.2, -0.15) is 0 Å². The van der Waals surface area contributed by atoms with E-state index in [1.165, 1.54) is 12.1 Å². The number of halogens is 2. The van der Waals surface area contributed by atoms with Crippen LogP contribution in [0, 0.1) is 46.3 Å². The lowest BCUT2D eigenvalue weighted by molar-refractivity contribution is 0.433. The summed E-state index contributed by atoms with van der Waals surface area (Å²) in [5.41, 5.74) is 4.53. The van der Waals surface area contributed by atoms with Crippen molar-refractivity contribution in [1.82, 2.24) is 0 Å². The predicted octanol–water partition coefficient (Wildman–Crippen LogP) is 4.88. The maximum atomic E-state index is 14.0. The minimum atomic E-state index is -0.677. The Balaban J connectivity index is 2.96. The highest BCUT2D eigenvalue weighted by molar-refractivity contribution is 5.80. The molecule has 20 heavy (non-hydrogen) atoms. The molecule has 0 spiro atoms. The minimum Gasteiger partial charge on any atom is -0.504 e. The molecule has 0 radical (unpaired) electrons. The molecule has 2 aromatic carbocycles. The van der Waals surface area contributed by atoms with Crippen molar-refractivity contribution in [3.63, 3.8) is 0 Å². The first kappa shape index (κ1) is 14.5. The Hall–Kier alpha value is -1.90. The fourth-order valence-corrected chi connectivity index (χ4v) is 2.55. The average Bonchev–Trinajstić information content (AvgIpc) is 2.38. The number of phenolic OH excluding ortho intramolecular Hbond substituents is 1. The number of hydrogen-bond acceptors (Lipinski definition) is 1. The molecular formula is C17H18F2O. The lowest BCUT2D eigenvalue weighted by atomic mass is 9.88. The van der Waals surface area contributed by atoms with Crippen LogP contribution in [0.3, 0.4) is 0 Å². The zero-order valence-corrected chi connectivity index (χ0v) is 12.4. The van der Waals surface area contributed by atoms with Gasteiger partial charge in [0.2, 0.25) is 0 Å². The second-order valence-electron chi connectivity index (χ2n) is 5.32. The molecule has 0 fully saturated rings. The van der Waals surface area contributed by atoms with Crippen molar-refractivity contribution >= 4 is 0 Å². The van der Waals surface area contributed by atoms with E-state index in [-0.39, 0.29) is 5.82 Å². The van der Waals surface area contributed by atoms with Gasteiger partial charge in [-0.15, -0.1) is 0 Å². The molecule has 2 rings (SSSR count). The van der Waals surface area contributed by atoms with Crippen molar-refractivity contribution in [3.8, 4) is 16.9 Å². The van der Waals surface area contributed by atoms with E-state index in [0.29, 0.717) is 16.7 Å². The molecular weight excluding hydrogens is 258 g/mol. The van der Waals surface area contributed by atoms with E-state index in [1.54, 1.807) is 20.8 Å². The third-order valence-electron chi connectivity index (χ3n) is 4.07. The van der Waals surface area contributed by atoms with Crippen LogP contribution in [0.2, 0.25) is 0 Å². The maximum Gasteiger partial charge on any atom is 0.165 e. The number of rotatable bonds is 1. The Morgan fingerprint density at radius 1 is 0.700 bits per heavy atom. The van der Waals surface area contributed by atoms with Gasteiger partial charge in [0.05, 0.1) is 0 Å². The van der Waals surface area contributed by atoms with Crippen molar-refractivity contribution in [2.24, 2.45) is 0 Å². The fourth-order valence-electron chi connectivity index (χ4n) is 2.55. The highest BCUT2D eigenvalue weighted by atomic mass is 19.1. The van der Waals surface area contributed by atoms with E-state index in [4.69, 9.17) is 0 Å². The molecule has 0 saturated carbocycles. The van der Waals surface area contributed by atoms with Crippen LogP contribution in [0.1, 0.15) is 27.8 Å². The smallest absolute Gasteiger partial charge is 0.165 e. The maximum absolute atomic E-state index is 14.0. The van der Waals surface area contributed by atoms with Crippen LogP contribution < -0.4 is 0 Å². The molecule has 0 unspecified atom stereocenters. The van der Waals surface area contributed by atoms with E-state index < -0.39 is 11.6 Å². The van der Waals surface area contributed by atoms with Gasteiger partial charge in [-0.3, -0.25) is 0 Å². The number of benzene rings is 2. The first-order valence-corrected chi connectivity index (χ1v) is 6.51. The summed E-state index contributed by atoms with van der Waals surface area (Å²) < 4.78 is 27.8. The average molecular weight is 276 g/mol. The summed E-state index contributed by atoms with van der Waals surface area (Å²) in [6, 6.07) is 2.76. The number of phenols is 1. The topological polar surface area (TPSA) is 20.2 Å². The normalized spacial score (nSPS) is 10.9. The van der Waals surface area contributed by atoms with Gasteiger partial charge in [-0.05, 0) is 80.1 Å². The van der Waals surface area contributed by atoms with Gasteiger partial charge in [0, 0.05) is 5.56 Å². The van der Waals surface area contributed by atoms with Crippen LogP contribution in [0.4, 0.5) is 8.78 Å². The molecule has 3 heteroatoms. The van der Waals surface area contributed by atoms with Gasteiger partial charge in [-0.25, -0.2) is 8.78 Å². The van der Waals surface area contributed by atoms with Gasteiger partial charge in [0.1, 0.15) is 5.82 Å². The number of hydrogen-bond donors (Lipinski definition) is 1. The van der Waals surface area contributed by atoms with Gasteiger partial charge >= 0.3 is 0 Å². The van der Waals surface area contributed by atoms with Crippen LogP contribution in [-0.4, -0.2) is 5.11 Å². The monoisotopic (exact) mass is 276 g/mol. The lowest BCUT2D eigenvalue weighted by Crippen LogP contribution is -2.00. The summed E-state index contributed by atoms with van der Waals surface area (Å²) in [7, 11) is 0. The quantitative estimate of drug-likeness (QED) is 0.787. The molecule has 0 atom stereocenters. The molecule has 0 aliphatic carbocycles. The van der Waals surface area contributed by atoms with Crippen molar-refractivity contribution in [3.05, 3.63) is 51.6 Å². The van der Waals surface area contributed by atoms with E-state index in [1.807, 2.05) is 13.8 Å². The summed E-state index contributed by atoms with van der Waals surface area (Å²) in [5.74, 6) is -1.43. The highest BCUT2D eigenvalue weighted by Gasteiger charge is 2.20. The van der Waals surface area contributed by atoms with Crippen molar-refractivity contribution in [2.75, 3.05) is 0 Å². The molecule has 1 N–H and O–H groups in total. The molecule has 1 nitrogen and oxygen atoms in total. The summed E-state index contributed by atoms with van der Waals surface area (Å²) >= 11 is 0. The largest absolute Gasteiger partial charge is 0.504 e. The number of aryl methyl sites for hydroxylation is 2. The standard InChI is InChI=1S/C17H18F2O/c1-8-6-13(18)12(5)15(10(8)3)16-11(4)9(2)7-14(19)17(16)20/h6-7,20H,1-5H3. The molecule has 0 bridgehead atoms. The van der Waals surface area contributed by atoms with E-state index in [2.05, 4.69) is 0 Å². The van der Waals surface area contributed by atoms with Crippen molar-refractivity contribution in [1.29, 1.82) is 0 Å². The summed E-state index contributed by atoms with van der Waals surface area (Å²) in [6.07, 6.45) is 0. The number of aromatic hydroxyl groups is 1. The van der Waals surface area contributed by atoms with Crippen molar-refractivity contribution in [2.45, 2.75) is 34.6 Å². The molecule has 0 aromatic heterocycles. The second-order valence-corrected chi connectivity index (χ2v) is 5.32. The second kappa shape index (κ2) is 4.89. The first-order valence-electron chi connectivity index (χ1n) is 6.51. The van der Waals surface area contributed by atoms with Crippen LogP contribution >= 0.6 is 0 Å². The Labute approximate surface area is 117 Å². The molecule has 2 aromatic rings. The zero-order chi connectivity index (χ0) is 15.2. The minimum absolute atomic E-state index is 0.344. The molecule has 0 amide bonds. The van der Waals surface area contributed by atoms with E-state index >= 15 is 0 Å². The summed E-state index contributed by atoms with van der Waals surface area (Å²) in [4.78, 5) is 0. The van der Waals surface area contributed by atoms with Crippen LogP contribution in [0.25, 0.3) is 11.1 Å². The van der Waals surface area contributed by atoms with Crippen molar-refractivity contribution < 1.29 is 13.9 Å². The molecule has 0 aliphatic rings. The van der Waals surface area contributed by atoms with E-state index in [9.17, 15) is 13.9 Å². The van der Waals surface area contributed by atoms with E-state index in [0.717, 1.165) is 22.3 Å². The Bertz CT molecular complexity index is 589. The summed E-state index contributed by atoms with van der Waals surface area (Å²) in [6.45, 7) is 8.90. The Morgan fingerprint density at radius 3 is 1.70 bits per heavy atom. The van der Waals surface area contributed by atoms with Crippen LogP contribution in [0.15, 0.2) is 12.1 Å². The molecule has 0 saturated heterocycles. The predicted molar refractivity (Wildman–Crippen MR) is 77.1 cm³/mol. The zero-order valence-electron chi connectivity index (χ0n) is 12.4. The third-order valence-corrected chi connectivity index (χ3v) is 4.07. The van der Waals surface area contributed by atoms with Crippen LogP contribution in [0.5, 0.6) is 5.75 Å². The lowest BCUT2D eigenvalue weighted by Gasteiger charge is -2.18.